The largest absolute Gasteiger partial charge is 0.493 e. The molecule has 0 unspecified atom stereocenters. The van der Waals surface area contributed by atoms with Gasteiger partial charge in [0.15, 0.2) is 11.5 Å². The van der Waals surface area contributed by atoms with Crippen molar-refractivity contribution in [3.8, 4) is 22.6 Å². The summed E-state index contributed by atoms with van der Waals surface area (Å²) in [5.41, 5.74) is 4.58. The van der Waals surface area contributed by atoms with Crippen molar-refractivity contribution in [1.29, 1.82) is 0 Å². The first-order valence-corrected chi connectivity index (χ1v) is 11.8. The van der Waals surface area contributed by atoms with Crippen molar-refractivity contribution in [1.82, 2.24) is 4.90 Å². The smallest absolute Gasteiger partial charge is 0.255 e. The summed E-state index contributed by atoms with van der Waals surface area (Å²) in [6.07, 6.45) is 0. The summed E-state index contributed by atoms with van der Waals surface area (Å²) in [5, 5.41) is 2.97. The first-order valence-electron chi connectivity index (χ1n) is 11.8. The number of carbonyl (C=O) groups is 1. The Labute approximate surface area is 203 Å². The maximum Gasteiger partial charge on any atom is 0.255 e. The molecule has 0 saturated heterocycles. The Kier molecular flexibility index (Phi) is 8.72. The molecule has 0 atom stereocenters. The summed E-state index contributed by atoms with van der Waals surface area (Å²) in [7, 11) is 1.61. The second-order valence-electron chi connectivity index (χ2n) is 8.99. The van der Waals surface area contributed by atoms with E-state index in [1.165, 1.54) is 0 Å². The van der Waals surface area contributed by atoms with Gasteiger partial charge in [-0.15, -0.1) is 0 Å². The molecular formula is C29H36N2O3. The Morgan fingerprint density at radius 2 is 1.62 bits per heavy atom. The Morgan fingerprint density at radius 3 is 2.24 bits per heavy atom. The van der Waals surface area contributed by atoms with Crippen molar-refractivity contribution in [3.05, 3.63) is 77.9 Å². The minimum atomic E-state index is -0.164. The molecule has 3 aromatic carbocycles. The van der Waals surface area contributed by atoms with Gasteiger partial charge in [0.25, 0.3) is 5.91 Å². The Bertz CT molecular complexity index is 1090. The summed E-state index contributed by atoms with van der Waals surface area (Å²) in [6, 6.07) is 22.3. The van der Waals surface area contributed by atoms with Gasteiger partial charge in [-0.3, -0.25) is 9.69 Å². The molecular weight excluding hydrogens is 424 g/mol. The Hall–Kier alpha value is -3.31. The molecule has 3 rings (SSSR count). The number of nitrogens with one attached hydrogen (secondary N) is 1. The van der Waals surface area contributed by atoms with Crippen LogP contribution in [0, 0.1) is 6.92 Å². The van der Waals surface area contributed by atoms with Crippen LogP contribution in [0.4, 0.5) is 5.69 Å². The predicted octanol–water partition coefficient (Wildman–Crippen LogP) is 6.42. The molecule has 180 valence electrons. The number of rotatable bonds is 10. The van der Waals surface area contributed by atoms with Crippen LogP contribution in [0.5, 0.6) is 11.5 Å². The molecule has 0 aliphatic carbocycles. The lowest BCUT2D eigenvalue weighted by atomic mass is 9.98. The molecule has 0 spiro atoms. The number of nitrogens with zero attached hydrogens (tertiary/aromatic N) is 1. The molecule has 0 aliphatic heterocycles. The van der Waals surface area contributed by atoms with E-state index in [0.717, 1.165) is 23.2 Å². The minimum absolute atomic E-state index is 0.164. The van der Waals surface area contributed by atoms with Crippen LogP contribution in [0.15, 0.2) is 66.7 Å². The third-order valence-corrected chi connectivity index (χ3v) is 5.93. The summed E-state index contributed by atoms with van der Waals surface area (Å²) < 4.78 is 11.5. The molecule has 0 radical (unpaired) electrons. The van der Waals surface area contributed by atoms with E-state index >= 15 is 0 Å². The van der Waals surface area contributed by atoms with Gasteiger partial charge in [0, 0.05) is 35.9 Å². The fourth-order valence-corrected chi connectivity index (χ4v) is 4.19. The topological polar surface area (TPSA) is 50.8 Å². The van der Waals surface area contributed by atoms with E-state index in [1.54, 1.807) is 13.2 Å². The van der Waals surface area contributed by atoms with Crippen molar-refractivity contribution >= 4 is 11.6 Å². The Balaban J connectivity index is 1.66. The van der Waals surface area contributed by atoms with Crippen molar-refractivity contribution in [2.24, 2.45) is 0 Å². The molecule has 3 aromatic rings. The van der Waals surface area contributed by atoms with Crippen molar-refractivity contribution in [2.45, 2.75) is 46.7 Å². The maximum atomic E-state index is 12.9. The number of anilines is 1. The highest BCUT2D eigenvalue weighted by atomic mass is 16.5. The predicted molar refractivity (Wildman–Crippen MR) is 140 cm³/mol. The number of amides is 1. The normalized spacial score (nSPS) is 11.2. The van der Waals surface area contributed by atoms with E-state index in [0.29, 0.717) is 41.4 Å². The third kappa shape index (κ3) is 6.39. The standard InChI is InChI=1S/C29H36N2O3/c1-20(2)31(21(3)4)16-17-34-27-15-13-25(19-28(27)33-6)30-29(32)24-12-14-26(22(5)18-24)23-10-8-7-9-11-23/h7-15,18-21H,16-17H2,1-6H3,(H,30,32). The van der Waals surface area contributed by atoms with Gasteiger partial charge in [-0.2, -0.15) is 0 Å². The van der Waals surface area contributed by atoms with Gasteiger partial charge in [-0.25, -0.2) is 0 Å². The third-order valence-electron chi connectivity index (χ3n) is 5.93. The zero-order valence-electron chi connectivity index (χ0n) is 21.1. The van der Waals surface area contributed by atoms with Gasteiger partial charge < -0.3 is 14.8 Å². The van der Waals surface area contributed by atoms with E-state index in [-0.39, 0.29) is 5.91 Å². The van der Waals surface area contributed by atoms with Gasteiger partial charge in [-0.1, -0.05) is 36.4 Å². The summed E-state index contributed by atoms with van der Waals surface area (Å²) in [4.78, 5) is 15.3. The van der Waals surface area contributed by atoms with Crippen molar-refractivity contribution in [3.63, 3.8) is 0 Å². The molecule has 0 aliphatic rings. The van der Waals surface area contributed by atoms with Crippen LogP contribution in [0.3, 0.4) is 0 Å². The number of aryl methyl sites for hydroxylation is 1. The molecule has 5 heteroatoms. The van der Waals surface area contributed by atoms with Gasteiger partial charge in [0.05, 0.1) is 7.11 Å². The molecule has 34 heavy (non-hydrogen) atoms. The van der Waals surface area contributed by atoms with Crippen LogP contribution in [0.1, 0.15) is 43.6 Å². The van der Waals surface area contributed by atoms with E-state index in [1.807, 2.05) is 55.5 Å². The average Bonchev–Trinajstić information content (AvgIpc) is 2.82. The number of hydrogen-bond donors (Lipinski definition) is 1. The minimum Gasteiger partial charge on any atom is -0.493 e. The zero-order chi connectivity index (χ0) is 24.7. The van der Waals surface area contributed by atoms with Crippen LogP contribution < -0.4 is 14.8 Å². The number of benzene rings is 3. The molecule has 1 amide bonds. The van der Waals surface area contributed by atoms with Crippen LogP contribution in [0.25, 0.3) is 11.1 Å². The zero-order valence-corrected chi connectivity index (χ0v) is 21.1. The number of hydrogen-bond acceptors (Lipinski definition) is 4. The number of ether oxygens (including phenoxy) is 2. The monoisotopic (exact) mass is 460 g/mol. The quantitative estimate of drug-likeness (QED) is 0.379. The van der Waals surface area contributed by atoms with Crippen LogP contribution >= 0.6 is 0 Å². The van der Waals surface area contributed by atoms with Gasteiger partial charge in [-0.05, 0) is 75.6 Å². The highest BCUT2D eigenvalue weighted by molar-refractivity contribution is 6.04. The maximum absolute atomic E-state index is 12.9. The van der Waals surface area contributed by atoms with Gasteiger partial charge >= 0.3 is 0 Å². The van der Waals surface area contributed by atoms with E-state index < -0.39 is 0 Å². The number of carbonyl (C=O) groups excluding carboxylic acids is 1. The van der Waals surface area contributed by atoms with Crippen LogP contribution in [-0.4, -0.2) is 43.2 Å². The number of methoxy groups -OCH3 is 1. The highest BCUT2D eigenvalue weighted by Crippen LogP contribution is 2.31. The Morgan fingerprint density at radius 1 is 0.912 bits per heavy atom. The van der Waals surface area contributed by atoms with Crippen LogP contribution in [-0.2, 0) is 0 Å². The molecule has 0 heterocycles. The average molecular weight is 461 g/mol. The van der Waals surface area contributed by atoms with Crippen molar-refractivity contribution < 1.29 is 14.3 Å². The van der Waals surface area contributed by atoms with Crippen LogP contribution in [0.2, 0.25) is 0 Å². The van der Waals surface area contributed by atoms with E-state index in [2.05, 4.69) is 50.0 Å². The second-order valence-corrected chi connectivity index (χ2v) is 8.99. The lowest BCUT2D eigenvalue weighted by Crippen LogP contribution is -2.39. The highest BCUT2D eigenvalue weighted by Gasteiger charge is 2.15. The SMILES string of the molecule is COc1cc(NC(=O)c2ccc(-c3ccccc3)c(C)c2)ccc1OCCN(C(C)C)C(C)C. The summed E-state index contributed by atoms with van der Waals surface area (Å²) in [5.74, 6) is 1.09. The van der Waals surface area contributed by atoms with E-state index in [4.69, 9.17) is 9.47 Å². The van der Waals surface area contributed by atoms with Gasteiger partial charge in [0.2, 0.25) is 0 Å². The van der Waals surface area contributed by atoms with Gasteiger partial charge in [0.1, 0.15) is 6.61 Å². The first kappa shape index (κ1) is 25.3. The summed E-state index contributed by atoms with van der Waals surface area (Å²) in [6.45, 7) is 12.2. The molecule has 1 N–H and O–H groups in total. The molecule has 0 fully saturated rings. The van der Waals surface area contributed by atoms with E-state index in [9.17, 15) is 4.79 Å². The molecule has 0 saturated carbocycles. The molecule has 0 bridgehead atoms. The van der Waals surface area contributed by atoms with Crippen molar-refractivity contribution in [2.75, 3.05) is 25.6 Å². The lowest BCUT2D eigenvalue weighted by molar-refractivity contribution is 0.102. The first-order chi connectivity index (χ1) is 16.3. The second kappa shape index (κ2) is 11.7. The lowest BCUT2D eigenvalue weighted by Gasteiger charge is -2.30. The summed E-state index contributed by atoms with van der Waals surface area (Å²) >= 11 is 0. The molecule has 5 nitrogen and oxygen atoms in total. The fraction of sp³-hybridized carbons (Fsp3) is 0.345. The fourth-order valence-electron chi connectivity index (χ4n) is 4.19. The molecule has 0 aromatic heterocycles.